The van der Waals surface area contributed by atoms with Gasteiger partial charge in [-0.15, -0.1) is 0 Å². The Kier molecular flexibility index (Phi) is 5.68. The van der Waals surface area contributed by atoms with Crippen LogP contribution < -0.4 is 15.2 Å². The van der Waals surface area contributed by atoms with Crippen molar-refractivity contribution in [1.82, 2.24) is 4.90 Å². The van der Waals surface area contributed by atoms with Gasteiger partial charge < -0.3 is 20.1 Å². The lowest BCUT2D eigenvalue weighted by molar-refractivity contribution is 0.132. The molecule has 1 saturated heterocycles. The van der Waals surface area contributed by atoms with Crippen LogP contribution in [0.15, 0.2) is 24.3 Å². The van der Waals surface area contributed by atoms with Gasteiger partial charge in [0, 0.05) is 5.92 Å². The highest BCUT2D eigenvalue weighted by Gasteiger charge is 2.24. The number of nitrogens with zero attached hydrogens (tertiary/aromatic N) is 1. The van der Waals surface area contributed by atoms with Gasteiger partial charge >= 0.3 is 0 Å². The Morgan fingerprint density at radius 3 is 2.35 bits per heavy atom. The lowest BCUT2D eigenvalue weighted by Crippen LogP contribution is -2.37. The van der Waals surface area contributed by atoms with Gasteiger partial charge in [-0.05, 0) is 69.7 Å². The number of hydrogen-bond donors (Lipinski definition) is 1. The molecule has 0 radical (unpaired) electrons. The maximum Gasteiger partial charge on any atom is 0.119 e. The molecule has 20 heavy (non-hydrogen) atoms. The third-order valence-electron chi connectivity index (χ3n) is 4.26. The van der Waals surface area contributed by atoms with Crippen molar-refractivity contribution >= 4 is 0 Å². The SMILES string of the molecule is COc1ccc(OCC(CN)C2CCN(C)CC2)cc1. The molecule has 1 heterocycles. The summed E-state index contributed by atoms with van der Waals surface area (Å²) in [6.07, 6.45) is 2.45. The van der Waals surface area contributed by atoms with E-state index in [9.17, 15) is 0 Å². The molecule has 0 bridgehead atoms. The molecule has 112 valence electrons. The van der Waals surface area contributed by atoms with Gasteiger partial charge in [0.25, 0.3) is 0 Å². The van der Waals surface area contributed by atoms with E-state index in [0.717, 1.165) is 11.5 Å². The van der Waals surface area contributed by atoms with Crippen LogP contribution in [0.2, 0.25) is 0 Å². The molecule has 2 N–H and O–H groups in total. The van der Waals surface area contributed by atoms with Crippen LogP contribution in [0.1, 0.15) is 12.8 Å². The number of nitrogens with two attached hydrogens (primary N) is 1. The maximum absolute atomic E-state index is 5.93. The summed E-state index contributed by atoms with van der Waals surface area (Å²) in [5.74, 6) is 2.88. The fraction of sp³-hybridized carbons (Fsp3) is 0.625. The van der Waals surface area contributed by atoms with E-state index in [1.54, 1.807) is 7.11 Å². The molecule has 1 aliphatic heterocycles. The second-order valence-electron chi connectivity index (χ2n) is 5.62. The highest BCUT2D eigenvalue weighted by atomic mass is 16.5. The first-order valence-electron chi connectivity index (χ1n) is 7.38. The Balaban J connectivity index is 1.83. The number of likely N-dealkylation sites (tertiary alicyclic amines) is 1. The molecule has 0 saturated carbocycles. The zero-order valence-corrected chi connectivity index (χ0v) is 12.5. The average molecular weight is 278 g/mol. The molecule has 1 unspecified atom stereocenters. The molecule has 1 aromatic carbocycles. The van der Waals surface area contributed by atoms with Crippen LogP contribution in [0.3, 0.4) is 0 Å². The fourth-order valence-corrected chi connectivity index (χ4v) is 2.77. The van der Waals surface area contributed by atoms with Crippen molar-refractivity contribution in [2.24, 2.45) is 17.6 Å². The van der Waals surface area contributed by atoms with E-state index in [-0.39, 0.29) is 0 Å². The van der Waals surface area contributed by atoms with Gasteiger partial charge in [-0.2, -0.15) is 0 Å². The molecule has 2 rings (SSSR count). The minimum absolute atomic E-state index is 0.450. The number of hydrogen-bond acceptors (Lipinski definition) is 4. The molecule has 0 spiro atoms. The molecule has 4 nitrogen and oxygen atoms in total. The first-order chi connectivity index (χ1) is 9.72. The van der Waals surface area contributed by atoms with Crippen molar-refractivity contribution < 1.29 is 9.47 Å². The van der Waals surface area contributed by atoms with E-state index in [1.165, 1.54) is 25.9 Å². The summed E-state index contributed by atoms with van der Waals surface area (Å²) in [7, 11) is 3.85. The van der Waals surface area contributed by atoms with E-state index in [1.807, 2.05) is 24.3 Å². The van der Waals surface area contributed by atoms with Crippen LogP contribution in [0.5, 0.6) is 11.5 Å². The summed E-state index contributed by atoms with van der Waals surface area (Å²) in [6, 6.07) is 7.73. The quantitative estimate of drug-likeness (QED) is 0.864. The highest BCUT2D eigenvalue weighted by molar-refractivity contribution is 5.31. The minimum Gasteiger partial charge on any atom is -0.497 e. The van der Waals surface area contributed by atoms with Crippen LogP contribution in [-0.4, -0.2) is 45.3 Å². The summed E-state index contributed by atoms with van der Waals surface area (Å²) < 4.78 is 11.0. The molecule has 1 atom stereocenters. The number of benzene rings is 1. The lowest BCUT2D eigenvalue weighted by atomic mass is 9.85. The fourth-order valence-electron chi connectivity index (χ4n) is 2.77. The molecule has 0 aromatic heterocycles. The third-order valence-corrected chi connectivity index (χ3v) is 4.26. The predicted octanol–water partition coefficient (Wildman–Crippen LogP) is 1.99. The van der Waals surface area contributed by atoms with Crippen LogP contribution in [0, 0.1) is 11.8 Å². The summed E-state index contributed by atoms with van der Waals surface area (Å²) in [6.45, 7) is 3.75. The standard InChI is InChI=1S/C16H26N2O2/c1-18-9-7-13(8-10-18)14(11-17)12-20-16-5-3-15(19-2)4-6-16/h3-6,13-14H,7-12,17H2,1-2H3. The molecule has 4 heteroatoms. The van der Waals surface area contributed by atoms with Gasteiger partial charge in [0.15, 0.2) is 0 Å². The van der Waals surface area contributed by atoms with Gasteiger partial charge in [-0.3, -0.25) is 0 Å². The zero-order valence-electron chi connectivity index (χ0n) is 12.5. The second-order valence-corrected chi connectivity index (χ2v) is 5.62. The first-order valence-corrected chi connectivity index (χ1v) is 7.38. The van der Waals surface area contributed by atoms with Crippen LogP contribution >= 0.6 is 0 Å². The van der Waals surface area contributed by atoms with Gasteiger partial charge in [-0.1, -0.05) is 0 Å². The van der Waals surface area contributed by atoms with Gasteiger partial charge in [0.1, 0.15) is 11.5 Å². The second kappa shape index (κ2) is 7.50. The molecular weight excluding hydrogens is 252 g/mol. The van der Waals surface area contributed by atoms with Crippen molar-refractivity contribution in [2.75, 3.05) is 40.4 Å². The van der Waals surface area contributed by atoms with E-state index < -0.39 is 0 Å². The normalized spacial score (nSPS) is 18.8. The summed E-state index contributed by atoms with van der Waals surface area (Å²) in [4.78, 5) is 2.38. The van der Waals surface area contributed by atoms with E-state index in [2.05, 4.69) is 11.9 Å². The largest absolute Gasteiger partial charge is 0.497 e. The van der Waals surface area contributed by atoms with Gasteiger partial charge in [-0.25, -0.2) is 0 Å². The number of rotatable bonds is 6. The van der Waals surface area contributed by atoms with Crippen LogP contribution in [0.4, 0.5) is 0 Å². The third kappa shape index (κ3) is 4.12. The van der Waals surface area contributed by atoms with Crippen molar-refractivity contribution in [3.8, 4) is 11.5 Å². The van der Waals surface area contributed by atoms with Gasteiger partial charge in [0.05, 0.1) is 13.7 Å². The summed E-state index contributed by atoms with van der Waals surface area (Å²) >= 11 is 0. The number of piperidine rings is 1. The van der Waals surface area contributed by atoms with Crippen molar-refractivity contribution in [3.63, 3.8) is 0 Å². The lowest BCUT2D eigenvalue weighted by Gasteiger charge is -2.33. The van der Waals surface area contributed by atoms with Crippen LogP contribution in [-0.2, 0) is 0 Å². The average Bonchev–Trinajstić information content (AvgIpc) is 2.50. The summed E-state index contributed by atoms with van der Waals surface area (Å²) in [5, 5.41) is 0. The molecule has 1 fully saturated rings. The zero-order chi connectivity index (χ0) is 14.4. The Bertz CT molecular complexity index is 386. The van der Waals surface area contributed by atoms with E-state index in [0.29, 0.717) is 25.0 Å². The van der Waals surface area contributed by atoms with E-state index in [4.69, 9.17) is 15.2 Å². The van der Waals surface area contributed by atoms with Crippen molar-refractivity contribution in [1.29, 1.82) is 0 Å². The Labute approximate surface area is 121 Å². The Hall–Kier alpha value is -1.26. The smallest absolute Gasteiger partial charge is 0.119 e. The maximum atomic E-state index is 5.93. The monoisotopic (exact) mass is 278 g/mol. The highest BCUT2D eigenvalue weighted by Crippen LogP contribution is 2.25. The van der Waals surface area contributed by atoms with Crippen LogP contribution in [0.25, 0.3) is 0 Å². The van der Waals surface area contributed by atoms with E-state index >= 15 is 0 Å². The Morgan fingerprint density at radius 2 is 1.80 bits per heavy atom. The predicted molar refractivity (Wildman–Crippen MR) is 81.3 cm³/mol. The molecule has 1 aromatic rings. The number of methoxy groups -OCH3 is 1. The molecule has 1 aliphatic rings. The topological polar surface area (TPSA) is 47.7 Å². The minimum atomic E-state index is 0.450. The van der Waals surface area contributed by atoms with Crippen molar-refractivity contribution in [3.05, 3.63) is 24.3 Å². The van der Waals surface area contributed by atoms with Gasteiger partial charge in [0.2, 0.25) is 0 Å². The first kappa shape index (κ1) is 15.1. The Morgan fingerprint density at radius 1 is 1.20 bits per heavy atom. The van der Waals surface area contributed by atoms with Crippen molar-refractivity contribution in [2.45, 2.75) is 12.8 Å². The summed E-state index contributed by atoms with van der Waals surface area (Å²) in [5.41, 5.74) is 5.93. The molecule has 0 aliphatic carbocycles. The molecule has 0 amide bonds. The number of ether oxygens (including phenoxy) is 2. The molecular formula is C16H26N2O2.